The predicted molar refractivity (Wildman–Crippen MR) is 237 cm³/mol. The summed E-state index contributed by atoms with van der Waals surface area (Å²) in [4.78, 5) is 7.16. The molecule has 2 heterocycles. The van der Waals surface area contributed by atoms with E-state index >= 15 is 0 Å². The maximum atomic E-state index is 6.33. The first-order chi connectivity index (χ1) is 28.2. The van der Waals surface area contributed by atoms with Gasteiger partial charge in [0.1, 0.15) is 5.52 Å². The number of rotatable bonds is 7. The van der Waals surface area contributed by atoms with Crippen molar-refractivity contribution in [2.24, 2.45) is 0 Å². The van der Waals surface area contributed by atoms with E-state index in [0.29, 0.717) is 5.89 Å². The fourth-order valence-corrected chi connectivity index (χ4v) is 8.26. The molecule has 268 valence electrons. The van der Waals surface area contributed by atoms with Crippen LogP contribution in [0.15, 0.2) is 217 Å². The zero-order chi connectivity index (χ0) is 37.7. The van der Waals surface area contributed by atoms with E-state index in [2.05, 4.69) is 191 Å². The molecule has 0 amide bonds. The average Bonchev–Trinajstić information content (AvgIpc) is 3.88. The Balaban J connectivity index is 1.02. The van der Waals surface area contributed by atoms with Crippen LogP contribution in [-0.2, 0) is 0 Å². The Morgan fingerprint density at radius 2 is 0.982 bits per heavy atom. The van der Waals surface area contributed by atoms with Gasteiger partial charge in [-0.1, -0.05) is 127 Å². The predicted octanol–water partition coefficient (Wildman–Crippen LogP) is 14.5. The number of hydrogen-bond donors (Lipinski definition) is 0. The van der Waals surface area contributed by atoms with Gasteiger partial charge in [-0.2, -0.15) is 0 Å². The summed E-state index contributed by atoms with van der Waals surface area (Å²) in [6, 6.07) is 75.4. The molecular weight excluding hydrogens is 695 g/mol. The van der Waals surface area contributed by atoms with Crippen molar-refractivity contribution in [2.45, 2.75) is 0 Å². The van der Waals surface area contributed by atoms with E-state index in [0.717, 1.165) is 66.8 Å². The first-order valence-electron chi connectivity index (χ1n) is 19.3. The van der Waals surface area contributed by atoms with Gasteiger partial charge in [-0.15, -0.1) is 0 Å². The van der Waals surface area contributed by atoms with E-state index in [1.807, 2.05) is 30.3 Å². The van der Waals surface area contributed by atoms with Crippen molar-refractivity contribution >= 4 is 60.7 Å². The van der Waals surface area contributed by atoms with Gasteiger partial charge in [-0.25, -0.2) is 4.98 Å². The molecule has 0 radical (unpaired) electrons. The normalized spacial score (nSPS) is 11.5. The molecule has 0 bridgehead atoms. The molecule has 0 saturated carbocycles. The van der Waals surface area contributed by atoms with E-state index in [4.69, 9.17) is 9.40 Å². The minimum atomic E-state index is 0.636. The molecule has 0 unspecified atom stereocenters. The number of nitrogens with zero attached hydrogens (tertiary/aromatic N) is 3. The molecule has 11 rings (SSSR count). The van der Waals surface area contributed by atoms with E-state index in [1.165, 1.54) is 27.4 Å². The largest absolute Gasteiger partial charge is 0.435 e. The maximum Gasteiger partial charge on any atom is 0.227 e. The lowest BCUT2D eigenvalue weighted by Gasteiger charge is -2.26. The third-order valence-corrected chi connectivity index (χ3v) is 11.0. The second-order valence-electron chi connectivity index (χ2n) is 14.4. The van der Waals surface area contributed by atoms with Crippen LogP contribution in [-0.4, -0.2) is 9.55 Å². The number of aromatic nitrogens is 2. The lowest BCUT2D eigenvalue weighted by Crippen LogP contribution is -2.10. The van der Waals surface area contributed by atoms with Crippen molar-refractivity contribution in [1.82, 2.24) is 9.55 Å². The molecule has 11 aromatic rings. The summed E-state index contributed by atoms with van der Waals surface area (Å²) < 4.78 is 8.71. The summed E-state index contributed by atoms with van der Waals surface area (Å²) in [6.45, 7) is 0. The summed E-state index contributed by atoms with van der Waals surface area (Å²) in [7, 11) is 0. The summed E-state index contributed by atoms with van der Waals surface area (Å²) in [5, 5.41) is 4.62. The van der Waals surface area contributed by atoms with Crippen molar-refractivity contribution in [3.8, 4) is 39.4 Å². The van der Waals surface area contributed by atoms with Crippen molar-refractivity contribution in [3.63, 3.8) is 0 Å². The SMILES string of the molecule is c1ccc(-c2cccc(N(c3ccc(-c4ccc5c(ccc6nc(-c7ccccc7)oc65)c4)cc3)c3ccc4c5ccccc5n(-c5ccccc5)c4c3)c2)cc1. The summed E-state index contributed by atoms with van der Waals surface area (Å²) >= 11 is 0. The fourth-order valence-electron chi connectivity index (χ4n) is 8.26. The molecule has 4 heteroatoms. The Bertz CT molecular complexity index is 3220. The van der Waals surface area contributed by atoms with Gasteiger partial charge >= 0.3 is 0 Å². The monoisotopic (exact) mass is 729 g/mol. The van der Waals surface area contributed by atoms with Gasteiger partial charge in [0.15, 0.2) is 5.58 Å². The highest BCUT2D eigenvalue weighted by Gasteiger charge is 2.19. The van der Waals surface area contributed by atoms with Crippen LogP contribution >= 0.6 is 0 Å². The number of fused-ring (bicyclic) bond motifs is 6. The Kier molecular flexibility index (Phi) is 7.78. The van der Waals surface area contributed by atoms with Gasteiger partial charge in [0.25, 0.3) is 0 Å². The van der Waals surface area contributed by atoms with Crippen LogP contribution in [0.3, 0.4) is 0 Å². The standard InChI is InChI=1S/C53H35N3O/c1-4-13-36(14-5-1)39-17-12-20-44(34-39)55(45-29-31-48-47-21-10-11-22-50(47)56(51(48)35-45)42-18-8-3-9-19-42)43-27-23-37(24-28-43)40-25-30-46-41(33-40)26-32-49-52(46)57-53(54-49)38-15-6-2-7-16-38/h1-35H. The van der Waals surface area contributed by atoms with Crippen molar-refractivity contribution in [1.29, 1.82) is 0 Å². The molecule has 0 spiro atoms. The number of oxazole rings is 1. The zero-order valence-corrected chi connectivity index (χ0v) is 31.0. The van der Waals surface area contributed by atoms with Crippen LogP contribution in [0.1, 0.15) is 0 Å². The molecule has 0 aliphatic heterocycles. The minimum Gasteiger partial charge on any atom is -0.435 e. The lowest BCUT2D eigenvalue weighted by atomic mass is 10.00. The fraction of sp³-hybridized carbons (Fsp3) is 0. The molecule has 9 aromatic carbocycles. The number of benzene rings is 9. The van der Waals surface area contributed by atoms with Crippen LogP contribution in [0.2, 0.25) is 0 Å². The molecule has 4 nitrogen and oxygen atoms in total. The number of para-hydroxylation sites is 2. The topological polar surface area (TPSA) is 34.2 Å². The molecule has 0 fully saturated rings. The number of anilines is 3. The molecule has 0 atom stereocenters. The third kappa shape index (κ3) is 5.74. The van der Waals surface area contributed by atoms with Crippen molar-refractivity contribution < 1.29 is 4.42 Å². The van der Waals surface area contributed by atoms with Gasteiger partial charge in [-0.05, 0) is 113 Å². The highest BCUT2D eigenvalue weighted by Crippen LogP contribution is 2.41. The third-order valence-electron chi connectivity index (χ3n) is 11.0. The lowest BCUT2D eigenvalue weighted by molar-refractivity contribution is 0.623. The smallest absolute Gasteiger partial charge is 0.227 e. The first-order valence-corrected chi connectivity index (χ1v) is 19.3. The molecular formula is C53H35N3O. The average molecular weight is 730 g/mol. The molecule has 0 N–H and O–H groups in total. The van der Waals surface area contributed by atoms with E-state index in [1.54, 1.807) is 0 Å². The van der Waals surface area contributed by atoms with Crippen LogP contribution in [0.25, 0.3) is 83.1 Å². The Morgan fingerprint density at radius 3 is 1.79 bits per heavy atom. The van der Waals surface area contributed by atoms with Gasteiger partial charge < -0.3 is 13.9 Å². The molecule has 0 aliphatic carbocycles. The Labute approximate surface area is 330 Å². The highest BCUT2D eigenvalue weighted by atomic mass is 16.3. The van der Waals surface area contributed by atoms with Crippen molar-refractivity contribution in [2.75, 3.05) is 4.90 Å². The Morgan fingerprint density at radius 1 is 0.386 bits per heavy atom. The quantitative estimate of drug-likeness (QED) is 0.164. The molecule has 2 aromatic heterocycles. The van der Waals surface area contributed by atoms with Crippen molar-refractivity contribution in [3.05, 3.63) is 212 Å². The molecule has 0 saturated heterocycles. The molecule has 57 heavy (non-hydrogen) atoms. The summed E-state index contributed by atoms with van der Waals surface area (Å²) in [5.41, 5.74) is 14.0. The first kappa shape index (κ1) is 32.7. The summed E-state index contributed by atoms with van der Waals surface area (Å²) in [5.74, 6) is 0.636. The van der Waals surface area contributed by atoms with Gasteiger partial charge in [-0.3, -0.25) is 0 Å². The minimum absolute atomic E-state index is 0.636. The van der Waals surface area contributed by atoms with E-state index in [-0.39, 0.29) is 0 Å². The van der Waals surface area contributed by atoms with E-state index < -0.39 is 0 Å². The van der Waals surface area contributed by atoms with E-state index in [9.17, 15) is 0 Å². The number of hydrogen-bond acceptors (Lipinski definition) is 3. The van der Waals surface area contributed by atoms with Gasteiger partial charge in [0, 0.05) is 44.5 Å². The molecule has 0 aliphatic rings. The summed E-state index contributed by atoms with van der Waals surface area (Å²) in [6.07, 6.45) is 0. The second kappa shape index (κ2) is 13.6. The maximum absolute atomic E-state index is 6.33. The van der Waals surface area contributed by atoms with Crippen LogP contribution in [0.4, 0.5) is 17.1 Å². The van der Waals surface area contributed by atoms with Crippen LogP contribution in [0.5, 0.6) is 0 Å². The highest BCUT2D eigenvalue weighted by molar-refractivity contribution is 6.10. The van der Waals surface area contributed by atoms with Gasteiger partial charge in [0.05, 0.1) is 11.0 Å². The van der Waals surface area contributed by atoms with Crippen LogP contribution < -0.4 is 4.90 Å². The van der Waals surface area contributed by atoms with Gasteiger partial charge in [0.2, 0.25) is 5.89 Å². The second-order valence-corrected chi connectivity index (χ2v) is 14.4. The zero-order valence-electron chi connectivity index (χ0n) is 31.0. The Hall–Kier alpha value is -7.69. The van der Waals surface area contributed by atoms with Crippen LogP contribution in [0, 0.1) is 0 Å².